The van der Waals surface area contributed by atoms with Crippen molar-refractivity contribution in [3.63, 3.8) is 0 Å². The Hall–Kier alpha value is -1.56. The molecule has 0 bridgehead atoms. The van der Waals surface area contributed by atoms with Gasteiger partial charge in [0.05, 0.1) is 5.92 Å². The van der Waals surface area contributed by atoms with Crippen LogP contribution in [-0.4, -0.2) is 35.1 Å². The molecule has 0 radical (unpaired) electrons. The molecule has 98 valence electrons. The number of nitrogens with one attached hydrogen (secondary N) is 1. The molecular formula is C12H16N2O3S. The molecule has 1 fully saturated rings. The number of amides is 2. The van der Waals surface area contributed by atoms with Gasteiger partial charge in [-0.3, -0.25) is 4.79 Å². The fraction of sp³-hybridized carbons (Fsp3) is 0.500. The molecule has 2 amide bonds. The number of carboxylic acid groups (broad SMARTS) is 1. The number of likely N-dealkylation sites (tertiary alicyclic amines) is 1. The molecule has 0 spiro atoms. The number of hydrogen-bond donors (Lipinski definition) is 2. The molecule has 2 heterocycles. The number of nitrogens with zero attached hydrogens (tertiary/aromatic N) is 1. The van der Waals surface area contributed by atoms with E-state index in [0.717, 1.165) is 12.0 Å². The third kappa shape index (κ3) is 3.22. The van der Waals surface area contributed by atoms with Crippen LogP contribution in [0.3, 0.4) is 0 Å². The van der Waals surface area contributed by atoms with Crippen LogP contribution in [0.4, 0.5) is 4.79 Å². The highest BCUT2D eigenvalue weighted by atomic mass is 32.1. The van der Waals surface area contributed by atoms with Crippen LogP contribution in [0.5, 0.6) is 0 Å². The lowest BCUT2D eigenvalue weighted by atomic mass is 9.99. The number of aliphatic carboxylic acids is 1. The summed E-state index contributed by atoms with van der Waals surface area (Å²) >= 11 is 1.59. The zero-order valence-corrected chi connectivity index (χ0v) is 10.8. The van der Waals surface area contributed by atoms with Crippen molar-refractivity contribution in [1.82, 2.24) is 10.2 Å². The molecule has 1 saturated heterocycles. The number of piperidine rings is 1. The SMILES string of the molecule is O=C(O)C1CCCN(C(=O)NCc2ccsc2)C1. The summed E-state index contributed by atoms with van der Waals surface area (Å²) in [6.45, 7) is 1.45. The molecular weight excluding hydrogens is 252 g/mol. The first-order valence-electron chi connectivity index (χ1n) is 5.93. The summed E-state index contributed by atoms with van der Waals surface area (Å²) in [5.74, 6) is -1.24. The average Bonchev–Trinajstić information content (AvgIpc) is 2.89. The molecule has 1 aromatic rings. The lowest BCUT2D eigenvalue weighted by Crippen LogP contribution is -2.46. The van der Waals surface area contributed by atoms with Gasteiger partial charge in [-0.25, -0.2) is 4.79 Å². The van der Waals surface area contributed by atoms with Gasteiger partial charge in [-0.1, -0.05) is 0 Å². The summed E-state index contributed by atoms with van der Waals surface area (Å²) in [4.78, 5) is 24.4. The van der Waals surface area contributed by atoms with Crippen molar-refractivity contribution >= 4 is 23.3 Å². The summed E-state index contributed by atoms with van der Waals surface area (Å²) in [5, 5.41) is 15.7. The summed E-state index contributed by atoms with van der Waals surface area (Å²) in [6.07, 6.45) is 1.41. The van der Waals surface area contributed by atoms with Gasteiger partial charge >= 0.3 is 12.0 Å². The second kappa shape index (κ2) is 5.86. The number of rotatable bonds is 3. The Labute approximate surface area is 109 Å². The third-order valence-corrected chi connectivity index (χ3v) is 3.81. The molecule has 18 heavy (non-hydrogen) atoms. The van der Waals surface area contributed by atoms with Crippen molar-refractivity contribution in [3.05, 3.63) is 22.4 Å². The van der Waals surface area contributed by atoms with Crippen LogP contribution in [0, 0.1) is 5.92 Å². The summed E-state index contributed by atoms with van der Waals surface area (Å²) in [6, 6.07) is 1.79. The zero-order valence-electron chi connectivity index (χ0n) is 9.96. The topological polar surface area (TPSA) is 69.6 Å². The number of carbonyl (C=O) groups excluding carboxylic acids is 1. The van der Waals surface area contributed by atoms with E-state index in [-0.39, 0.29) is 6.03 Å². The summed E-state index contributed by atoms with van der Waals surface area (Å²) < 4.78 is 0. The Bertz CT molecular complexity index is 419. The molecule has 1 aliphatic rings. The molecule has 5 nitrogen and oxygen atoms in total. The second-order valence-corrected chi connectivity index (χ2v) is 5.19. The van der Waals surface area contributed by atoms with E-state index >= 15 is 0 Å². The van der Waals surface area contributed by atoms with E-state index in [9.17, 15) is 9.59 Å². The maximum atomic E-state index is 11.9. The Kier molecular flexibility index (Phi) is 4.19. The highest BCUT2D eigenvalue weighted by molar-refractivity contribution is 7.07. The summed E-state index contributed by atoms with van der Waals surface area (Å²) in [7, 11) is 0. The molecule has 1 atom stereocenters. The zero-order chi connectivity index (χ0) is 13.0. The van der Waals surface area contributed by atoms with Gasteiger partial charge < -0.3 is 15.3 Å². The molecule has 2 N–H and O–H groups in total. The van der Waals surface area contributed by atoms with Crippen LogP contribution in [0.2, 0.25) is 0 Å². The van der Waals surface area contributed by atoms with E-state index in [1.165, 1.54) is 0 Å². The molecule has 6 heteroatoms. The van der Waals surface area contributed by atoms with Crippen LogP contribution in [0.15, 0.2) is 16.8 Å². The van der Waals surface area contributed by atoms with Gasteiger partial charge in [0.25, 0.3) is 0 Å². The van der Waals surface area contributed by atoms with E-state index in [1.54, 1.807) is 16.2 Å². The first-order valence-corrected chi connectivity index (χ1v) is 6.88. The van der Waals surface area contributed by atoms with E-state index in [1.807, 2.05) is 16.8 Å². The highest BCUT2D eigenvalue weighted by Crippen LogP contribution is 2.16. The molecule has 0 aromatic carbocycles. The monoisotopic (exact) mass is 268 g/mol. The van der Waals surface area contributed by atoms with Gasteiger partial charge in [-0.05, 0) is 35.2 Å². The molecule has 1 aromatic heterocycles. The van der Waals surface area contributed by atoms with Crippen molar-refractivity contribution in [2.24, 2.45) is 5.92 Å². The standard InChI is InChI=1S/C12H16N2O3S/c15-11(16)10-2-1-4-14(7-10)12(17)13-6-9-3-5-18-8-9/h3,5,8,10H,1-2,4,6-7H2,(H,13,17)(H,15,16). The number of carboxylic acids is 1. The molecule has 1 unspecified atom stereocenters. The van der Waals surface area contributed by atoms with Crippen molar-refractivity contribution in [2.75, 3.05) is 13.1 Å². The van der Waals surface area contributed by atoms with Crippen molar-refractivity contribution in [3.8, 4) is 0 Å². The lowest BCUT2D eigenvalue weighted by molar-refractivity contribution is -0.143. The molecule has 0 aliphatic carbocycles. The minimum atomic E-state index is -0.815. The Morgan fingerprint density at radius 1 is 1.56 bits per heavy atom. The van der Waals surface area contributed by atoms with Crippen LogP contribution >= 0.6 is 11.3 Å². The number of urea groups is 1. The fourth-order valence-electron chi connectivity index (χ4n) is 2.05. The maximum absolute atomic E-state index is 11.9. The van der Waals surface area contributed by atoms with E-state index in [0.29, 0.717) is 26.1 Å². The van der Waals surface area contributed by atoms with E-state index in [2.05, 4.69) is 5.32 Å². The predicted octanol–water partition coefficient (Wildman–Crippen LogP) is 1.75. The van der Waals surface area contributed by atoms with Gasteiger partial charge in [-0.15, -0.1) is 0 Å². The highest BCUT2D eigenvalue weighted by Gasteiger charge is 2.27. The average molecular weight is 268 g/mol. The second-order valence-electron chi connectivity index (χ2n) is 4.41. The summed E-state index contributed by atoms with van der Waals surface area (Å²) in [5.41, 5.74) is 1.07. The van der Waals surface area contributed by atoms with Gasteiger partial charge in [0.2, 0.25) is 0 Å². The van der Waals surface area contributed by atoms with Crippen molar-refractivity contribution in [1.29, 1.82) is 0 Å². The molecule has 1 aliphatic heterocycles. The molecule has 0 saturated carbocycles. The molecule has 2 rings (SSSR count). The first-order chi connectivity index (χ1) is 8.66. The minimum Gasteiger partial charge on any atom is -0.481 e. The van der Waals surface area contributed by atoms with Crippen LogP contribution in [0.25, 0.3) is 0 Å². The normalized spacial score (nSPS) is 19.6. The van der Waals surface area contributed by atoms with Crippen LogP contribution in [0.1, 0.15) is 18.4 Å². The van der Waals surface area contributed by atoms with Gasteiger partial charge in [0.1, 0.15) is 0 Å². The Balaban J connectivity index is 1.83. The van der Waals surface area contributed by atoms with Gasteiger partial charge in [0.15, 0.2) is 0 Å². The Morgan fingerprint density at radius 3 is 3.06 bits per heavy atom. The van der Waals surface area contributed by atoms with Crippen LogP contribution in [-0.2, 0) is 11.3 Å². The quantitative estimate of drug-likeness (QED) is 0.877. The van der Waals surface area contributed by atoms with Crippen molar-refractivity contribution in [2.45, 2.75) is 19.4 Å². The van der Waals surface area contributed by atoms with Crippen molar-refractivity contribution < 1.29 is 14.7 Å². The Morgan fingerprint density at radius 2 is 2.39 bits per heavy atom. The van der Waals surface area contributed by atoms with E-state index < -0.39 is 11.9 Å². The minimum absolute atomic E-state index is 0.174. The lowest BCUT2D eigenvalue weighted by Gasteiger charge is -2.30. The number of thiophene rings is 1. The maximum Gasteiger partial charge on any atom is 0.317 e. The van der Waals surface area contributed by atoms with Gasteiger partial charge in [-0.2, -0.15) is 11.3 Å². The number of hydrogen-bond acceptors (Lipinski definition) is 3. The van der Waals surface area contributed by atoms with Crippen LogP contribution < -0.4 is 5.32 Å². The largest absolute Gasteiger partial charge is 0.481 e. The third-order valence-electron chi connectivity index (χ3n) is 3.08. The first kappa shape index (κ1) is 12.9. The van der Waals surface area contributed by atoms with Gasteiger partial charge in [0, 0.05) is 19.6 Å². The smallest absolute Gasteiger partial charge is 0.317 e. The predicted molar refractivity (Wildman–Crippen MR) is 68.5 cm³/mol. The van der Waals surface area contributed by atoms with E-state index in [4.69, 9.17) is 5.11 Å². The number of carbonyl (C=O) groups is 2. The fourth-order valence-corrected chi connectivity index (χ4v) is 2.71.